The average molecular weight is 341 g/mol. The first-order chi connectivity index (χ1) is 12.7. The predicted octanol–water partition coefficient (Wildman–Crippen LogP) is 2.75. The zero-order valence-corrected chi connectivity index (χ0v) is 14.0. The van der Waals surface area contributed by atoms with E-state index in [9.17, 15) is 0 Å². The molecule has 0 spiro atoms. The number of hydrogen-bond acceptors (Lipinski definition) is 6. The van der Waals surface area contributed by atoms with Crippen LogP contribution < -0.4 is 5.73 Å². The third kappa shape index (κ3) is 2.25. The summed E-state index contributed by atoms with van der Waals surface area (Å²) in [4.78, 5) is 18.0. The second kappa shape index (κ2) is 5.45. The van der Waals surface area contributed by atoms with Crippen LogP contribution in [0.25, 0.3) is 27.7 Å². The average Bonchev–Trinajstić information content (AvgIpc) is 3.28. The van der Waals surface area contributed by atoms with E-state index in [0.717, 1.165) is 27.7 Å². The normalized spacial score (nSPS) is 16.5. The number of fused-ring (bicyclic) bond motifs is 2. The van der Waals surface area contributed by atoms with Crippen LogP contribution in [0.1, 0.15) is 12.6 Å². The Hall–Kier alpha value is -3.61. The second-order valence-corrected chi connectivity index (χ2v) is 6.20. The molecular formula is C19H15N7. The van der Waals surface area contributed by atoms with Crippen LogP contribution in [0.5, 0.6) is 0 Å². The first-order valence-electron chi connectivity index (χ1n) is 8.30. The summed E-state index contributed by atoms with van der Waals surface area (Å²) in [5.74, 6) is 0.501. The van der Waals surface area contributed by atoms with E-state index in [1.165, 1.54) is 0 Å². The van der Waals surface area contributed by atoms with Gasteiger partial charge in [-0.3, -0.25) is 15.0 Å². The standard InChI is InChI=1S/C19H15N7/c1-11-21-10-17(24-11)16-7-18(20)26-19(25-16)14(9-23-26)13-6-12-4-2-3-5-15(12)22-8-13/h2-11H,20H2,1H3. The van der Waals surface area contributed by atoms with Crippen molar-refractivity contribution < 1.29 is 0 Å². The van der Waals surface area contributed by atoms with Crippen LogP contribution in [0.4, 0.5) is 5.82 Å². The lowest BCUT2D eigenvalue weighted by Crippen LogP contribution is -2.08. The molecule has 7 nitrogen and oxygen atoms in total. The molecule has 1 aromatic carbocycles. The maximum atomic E-state index is 6.19. The van der Waals surface area contributed by atoms with E-state index in [2.05, 4.69) is 26.1 Å². The molecule has 0 aliphatic carbocycles. The van der Waals surface area contributed by atoms with Crippen molar-refractivity contribution in [3.05, 3.63) is 54.5 Å². The fourth-order valence-electron chi connectivity index (χ4n) is 3.12. The van der Waals surface area contributed by atoms with E-state index in [1.54, 1.807) is 23.0 Å². The summed E-state index contributed by atoms with van der Waals surface area (Å²) in [5, 5.41) is 5.45. The van der Waals surface area contributed by atoms with Crippen LogP contribution in [0.2, 0.25) is 0 Å². The highest BCUT2D eigenvalue weighted by Gasteiger charge is 2.16. The molecule has 1 aliphatic heterocycles. The van der Waals surface area contributed by atoms with Gasteiger partial charge in [0.2, 0.25) is 0 Å². The Bertz CT molecular complexity index is 1220. The van der Waals surface area contributed by atoms with E-state index in [4.69, 9.17) is 10.7 Å². The molecule has 4 aromatic rings. The van der Waals surface area contributed by atoms with Gasteiger partial charge < -0.3 is 5.73 Å². The van der Waals surface area contributed by atoms with Crippen LogP contribution >= 0.6 is 0 Å². The van der Waals surface area contributed by atoms with Crippen LogP contribution in [0, 0.1) is 0 Å². The van der Waals surface area contributed by atoms with E-state index < -0.39 is 0 Å². The molecule has 0 bridgehead atoms. The number of benzene rings is 1. The highest BCUT2D eigenvalue weighted by Crippen LogP contribution is 2.27. The van der Waals surface area contributed by atoms with Crippen LogP contribution in [-0.2, 0) is 0 Å². The van der Waals surface area contributed by atoms with Crippen molar-refractivity contribution in [3.63, 3.8) is 0 Å². The molecule has 0 saturated heterocycles. The highest BCUT2D eigenvalue weighted by molar-refractivity contribution is 6.38. The summed E-state index contributed by atoms with van der Waals surface area (Å²) in [7, 11) is 0. The van der Waals surface area contributed by atoms with Gasteiger partial charge in [-0.25, -0.2) is 4.98 Å². The third-order valence-electron chi connectivity index (χ3n) is 4.40. The molecule has 0 fully saturated rings. The third-order valence-corrected chi connectivity index (χ3v) is 4.40. The van der Waals surface area contributed by atoms with Gasteiger partial charge in [0.05, 0.1) is 23.6 Å². The minimum atomic E-state index is -0.0849. The van der Waals surface area contributed by atoms with Crippen molar-refractivity contribution >= 4 is 34.3 Å². The summed E-state index contributed by atoms with van der Waals surface area (Å²) < 4.78 is 1.63. The maximum Gasteiger partial charge on any atom is 0.165 e. The molecule has 26 heavy (non-hydrogen) atoms. The maximum absolute atomic E-state index is 6.19. The number of nitrogen functional groups attached to an aromatic ring is 1. The monoisotopic (exact) mass is 341 g/mol. The number of rotatable bonds is 2. The zero-order valence-electron chi connectivity index (χ0n) is 14.0. The topological polar surface area (TPSA) is 93.8 Å². The fraction of sp³-hybridized carbons (Fsp3) is 0.105. The summed E-state index contributed by atoms with van der Waals surface area (Å²) in [6, 6.07) is 11.9. The van der Waals surface area contributed by atoms with Gasteiger partial charge in [-0.05, 0) is 19.1 Å². The molecule has 126 valence electrons. The largest absolute Gasteiger partial charge is 0.384 e. The Morgan fingerprint density at radius 2 is 2.00 bits per heavy atom. The Balaban J connectivity index is 1.71. The first-order valence-corrected chi connectivity index (χ1v) is 8.30. The van der Waals surface area contributed by atoms with Gasteiger partial charge in [0.1, 0.15) is 17.7 Å². The van der Waals surface area contributed by atoms with Crippen molar-refractivity contribution in [2.45, 2.75) is 13.1 Å². The van der Waals surface area contributed by atoms with Gasteiger partial charge in [0.25, 0.3) is 0 Å². The molecule has 1 atom stereocenters. The summed E-state index contributed by atoms with van der Waals surface area (Å²) in [6.45, 7) is 1.93. The molecule has 1 unspecified atom stereocenters. The molecule has 0 amide bonds. The van der Waals surface area contributed by atoms with Gasteiger partial charge in [0, 0.05) is 28.8 Å². The van der Waals surface area contributed by atoms with E-state index in [-0.39, 0.29) is 6.17 Å². The fourth-order valence-corrected chi connectivity index (χ4v) is 3.12. The number of nitrogens with zero attached hydrogens (tertiary/aromatic N) is 6. The number of aromatic nitrogens is 4. The van der Waals surface area contributed by atoms with Crippen molar-refractivity contribution in [3.8, 4) is 11.1 Å². The van der Waals surface area contributed by atoms with E-state index in [1.807, 2.05) is 37.4 Å². The Morgan fingerprint density at radius 3 is 2.85 bits per heavy atom. The molecule has 4 heterocycles. The van der Waals surface area contributed by atoms with Crippen molar-refractivity contribution in [2.75, 3.05) is 5.73 Å². The van der Waals surface area contributed by atoms with Crippen LogP contribution in [-0.4, -0.2) is 37.7 Å². The van der Waals surface area contributed by atoms with Crippen LogP contribution in [0.3, 0.4) is 0 Å². The Morgan fingerprint density at radius 1 is 1.12 bits per heavy atom. The number of pyridine rings is 1. The quantitative estimate of drug-likeness (QED) is 0.606. The molecular weight excluding hydrogens is 326 g/mol. The number of aliphatic imine (C=N–C) groups is 2. The number of anilines is 1. The lowest BCUT2D eigenvalue weighted by molar-refractivity contribution is 0.816. The highest BCUT2D eigenvalue weighted by atomic mass is 15.3. The molecule has 7 heteroatoms. The van der Waals surface area contributed by atoms with Crippen LogP contribution in [0.15, 0.2) is 58.8 Å². The lowest BCUT2D eigenvalue weighted by Gasteiger charge is -2.05. The molecule has 0 radical (unpaired) electrons. The molecule has 5 rings (SSSR count). The number of nitrogens with two attached hydrogens (primary N) is 1. The van der Waals surface area contributed by atoms with Crippen molar-refractivity contribution in [1.82, 2.24) is 19.6 Å². The number of hydrogen-bond donors (Lipinski definition) is 1. The Kier molecular flexibility index (Phi) is 3.08. The minimum absolute atomic E-state index is 0.0849. The predicted molar refractivity (Wildman–Crippen MR) is 103 cm³/mol. The lowest BCUT2D eigenvalue weighted by atomic mass is 10.1. The van der Waals surface area contributed by atoms with Gasteiger partial charge in [0.15, 0.2) is 5.65 Å². The smallest absolute Gasteiger partial charge is 0.165 e. The van der Waals surface area contributed by atoms with Gasteiger partial charge in [-0.2, -0.15) is 9.61 Å². The van der Waals surface area contributed by atoms with Crippen molar-refractivity contribution in [2.24, 2.45) is 9.98 Å². The summed E-state index contributed by atoms with van der Waals surface area (Å²) in [5.41, 5.74) is 11.1. The molecule has 0 saturated carbocycles. The summed E-state index contributed by atoms with van der Waals surface area (Å²) in [6.07, 6.45) is 5.25. The van der Waals surface area contributed by atoms with E-state index in [0.29, 0.717) is 17.2 Å². The molecule has 3 aromatic heterocycles. The second-order valence-electron chi connectivity index (χ2n) is 6.20. The SMILES string of the molecule is CC1N=CC(c2cc(N)n3ncc(-c4cnc5ccccc5c4)c3n2)=N1. The first kappa shape index (κ1) is 14.7. The molecule has 1 aliphatic rings. The van der Waals surface area contributed by atoms with Gasteiger partial charge >= 0.3 is 0 Å². The Labute approximate surface area is 149 Å². The summed E-state index contributed by atoms with van der Waals surface area (Å²) >= 11 is 0. The van der Waals surface area contributed by atoms with Gasteiger partial charge in [-0.15, -0.1) is 0 Å². The van der Waals surface area contributed by atoms with E-state index >= 15 is 0 Å². The zero-order chi connectivity index (χ0) is 17.7. The van der Waals surface area contributed by atoms with Crippen molar-refractivity contribution in [1.29, 1.82) is 0 Å². The number of para-hydroxylation sites is 1. The van der Waals surface area contributed by atoms with Gasteiger partial charge in [-0.1, -0.05) is 18.2 Å². The minimum Gasteiger partial charge on any atom is -0.384 e. The molecule has 2 N–H and O–H groups in total.